The number of rotatable bonds is 4. The van der Waals surface area contributed by atoms with Crippen LogP contribution in [0.25, 0.3) is 0 Å². The highest BCUT2D eigenvalue weighted by molar-refractivity contribution is 6.06. The van der Waals surface area contributed by atoms with E-state index in [0.717, 1.165) is 6.42 Å². The van der Waals surface area contributed by atoms with Gasteiger partial charge in [0.05, 0.1) is 9.85 Å². The van der Waals surface area contributed by atoms with Crippen molar-refractivity contribution in [2.24, 2.45) is 5.41 Å². The number of benzene rings is 2. The second-order valence-electron chi connectivity index (χ2n) is 9.88. The Kier molecular flexibility index (Phi) is 6.01. The summed E-state index contributed by atoms with van der Waals surface area (Å²) >= 11 is 0. The second kappa shape index (κ2) is 9.06. The standard InChI is InChI=1S/C26H24N2O9/c29-20-14-21(16-6-4-8-18(12-16)27(32)33)26(22(15-20)17-7-5-9-19(13-17)28(34)35)23(30)36-25(37-24(26)31)10-2-1-3-11-25/h4-9,12-13,21-22H,1-3,10-11,14-15H2/t21-,22+. The van der Waals surface area contributed by atoms with Crippen molar-refractivity contribution < 1.29 is 33.7 Å². The fourth-order valence-corrected chi connectivity index (χ4v) is 6.05. The molecule has 5 rings (SSSR count). The summed E-state index contributed by atoms with van der Waals surface area (Å²) in [4.78, 5) is 62.9. The van der Waals surface area contributed by atoms with Crippen molar-refractivity contribution in [2.45, 2.75) is 62.6 Å². The monoisotopic (exact) mass is 508 g/mol. The molecule has 37 heavy (non-hydrogen) atoms. The Hall–Kier alpha value is -4.15. The molecular formula is C26H24N2O9. The first-order chi connectivity index (χ1) is 17.7. The molecular weight excluding hydrogens is 484 g/mol. The largest absolute Gasteiger partial charge is 0.422 e. The average molecular weight is 508 g/mol. The summed E-state index contributed by atoms with van der Waals surface area (Å²) in [6.07, 6.45) is 2.52. The van der Waals surface area contributed by atoms with Gasteiger partial charge in [0.1, 0.15) is 5.78 Å². The van der Waals surface area contributed by atoms with Crippen LogP contribution in [-0.2, 0) is 23.9 Å². The zero-order valence-corrected chi connectivity index (χ0v) is 19.8. The maximum Gasteiger partial charge on any atom is 0.328 e. The van der Waals surface area contributed by atoms with Gasteiger partial charge in [-0.2, -0.15) is 0 Å². The maximum atomic E-state index is 14.1. The number of non-ortho nitro benzene ring substituents is 2. The predicted octanol–water partition coefficient (Wildman–Crippen LogP) is 4.48. The molecule has 2 saturated carbocycles. The van der Waals surface area contributed by atoms with Gasteiger partial charge in [-0.05, 0) is 24.0 Å². The van der Waals surface area contributed by atoms with Crippen LogP contribution in [0.15, 0.2) is 48.5 Å². The summed E-state index contributed by atoms with van der Waals surface area (Å²) in [6, 6.07) is 10.9. The van der Waals surface area contributed by atoms with E-state index in [-0.39, 0.29) is 41.1 Å². The summed E-state index contributed by atoms with van der Waals surface area (Å²) in [5, 5.41) is 23.0. The number of hydrogen-bond acceptors (Lipinski definition) is 9. The quantitative estimate of drug-likeness (QED) is 0.251. The van der Waals surface area contributed by atoms with Crippen LogP contribution in [0.3, 0.4) is 0 Å². The molecule has 11 heteroatoms. The fourth-order valence-electron chi connectivity index (χ4n) is 6.05. The number of ketones is 1. The van der Waals surface area contributed by atoms with E-state index in [9.17, 15) is 34.6 Å². The van der Waals surface area contributed by atoms with E-state index in [2.05, 4.69) is 0 Å². The zero-order valence-electron chi connectivity index (χ0n) is 19.8. The Morgan fingerprint density at radius 3 is 1.62 bits per heavy atom. The van der Waals surface area contributed by atoms with Crippen LogP contribution in [0.2, 0.25) is 0 Å². The molecule has 2 atom stereocenters. The molecule has 0 amide bonds. The van der Waals surface area contributed by atoms with Crippen LogP contribution in [0.5, 0.6) is 0 Å². The minimum absolute atomic E-state index is 0.242. The lowest BCUT2D eigenvalue weighted by atomic mass is 9.55. The maximum absolute atomic E-state index is 14.1. The Morgan fingerprint density at radius 1 is 0.730 bits per heavy atom. The number of carbonyl (C=O) groups is 3. The summed E-state index contributed by atoms with van der Waals surface area (Å²) in [6.45, 7) is 0. The first kappa shape index (κ1) is 24.5. The third kappa shape index (κ3) is 4.04. The SMILES string of the molecule is O=C1C[C@H](c2cccc([N+](=O)[O-])c2)C2(C(=O)OC3(CCCCC3)OC2=O)[C@H](c2cccc([N+](=O)[O-])c2)C1. The summed E-state index contributed by atoms with van der Waals surface area (Å²) in [7, 11) is 0. The topological polar surface area (TPSA) is 156 Å². The van der Waals surface area contributed by atoms with Crippen LogP contribution in [0, 0.1) is 25.6 Å². The highest BCUT2D eigenvalue weighted by atomic mass is 16.7. The highest BCUT2D eigenvalue weighted by Gasteiger charge is 2.68. The van der Waals surface area contributed by atoms with Gasteiger partial charge in [0.2, 0.25) is 0 Å². The van der Waals surface area contributed by atoms with Gasteiger partial charge in [0.25, 0.3) is 17.2 Å². The highest BCUT2D eigenvalue weighted by Crippen LogP contribution is 2.59. The molecule has 2 aromatic rings. The smallest absolute Gasteiger partial charge is 0.328 e. The molecule has 1 heterocycles. The van der Waals surface area contributed by atoms with Crippen molar-refractivity contribution in [2.75, 3.05) is 0 Å². The number of hydrogen-bond donors (Lipinski definition) is 0. The second-order valence-corrected chi connectivity index (χ2v) is 9.88. The molecule has 0 aromatic heterocycles. The van der Waals surface area contributed by atoms with Gasteiger partial charge in [-0.25, -0.2) is 0 Å². The normalized spacial score (nSPS) is 24.4. The van der Waals surface area contributed by atoms with Gasteiger partial charge < -0.3 is 9.47 Å². The van der Waals surface area contributed by atoms with Gasteiger partial charge >= 0.3 is 11.9 Å². The number of Topliss-reactive ketones (excluding diaryl/α,β-unsaturated/α-hetero) is 1. The number of nitro groups is 2. The van der Waals surface area contributed by atoms with Crippen LogP contribution in [-0.4, -0.2) is 33.4 Å². The minimum Gasteiger partial charge on any atom is -0.422 e. The Bertz CT molecular complexity index is 1220. The van der Waals surface area contributed by atoms with Crippen LogP contribution in [0.1, 0.15) is 67.9 Å². The van der Waals surface area contributed by atoms with E-state index in [0.29, 0.717) is 25.7 Å². The lowest BCUT2D eigenvalue weighted by Gasteiger charge is -2.51. The molecule has 0 unspecified atom stereocenters. The molecule has 0 bridgehead atoms. The predicted molar refractivity (Wildman–Crippen MR) is 126 cm³/mol. The molecule has 11 nitrogen and oxygen atoms in total. The van der Waals surface area contributed by atoms with Crippen LogP contribution in [0.4, 0.5) is 11.4 Å². The average Bonchev–Trinajstić information content (AvgIpc) is 2.88. The number of ether oxygens (including phenoxy) is 2. The molecule has 0 N–H and O–H groups in total. The van der Waals surface area contributed by atoms with Crippen molar-refractivity contribution in [3.63, 3.8) is 0 Å². The lowest BCUT2D eigenvalue weighted by molar-refractivity contribution is -0.385. The third-order valence-corrected chi connectivity index (χ3v) is 7.78. The van der Waals surface area contributed by atoms with E-state index in [1.165, 1.54) is 48.5 Å². The summed E-state index contributed by atoms with van der Waals surface area (Å²) < 4.78 is 11.8. The fraction of sp³-hybridized carbons (Fsp3) is 0.423. The van der Waals surface area contributed by atoms with Crippen molar-refractivity contribution in [1.82, 2.24) is 0 Å². The minimum atomic E-state index is -2.05. The summed E-state index contributed by atoms with van der Waals surface area (Å²) in [5.41, 5.74) is -2.10. The number of nitrogens with zero attached hydrogens (tertiary/aromatic N) is 2. The van der Waals surface area contributed by atoms with Gasteiger partial charge in [-0.1, -0.05) is 30.7 Å². The number of carbonyl (C=O) groups excluding carboxylic acids is 3. The Morgan fingerprint density at radius 2 is 1.19 bits per heavy atom. The van der Waals surface area contributed by atoms with Crippen LogP contribution < -0.4 is 0 Å². The van der Waals surface area contributed by atoms with Crippen molar-refractivity contribution in [1.29, 1.82) is 0 Å². The third-order valence-electron chi connectivity index (χ3n) is 7.78. The van der Waals surface area contributed by atoms with E-state index in [1.54, 1.807) is 0 Å². The van der Waals surface area contributed by atoms with Gasteiger partial charge in [0, 0.05) is 61.8 Å². The van der Waals surface area contributed by atoms with Gasteiger partial charge in [0.15, 0.2) is 5.41 Å². The summed E-state index contributed by atoms with van der Waals surface area (Å²) in [5.74, 6) is -5.67. The van der Waals surface area contributed by atoms with Gasteiger partial charge in [-0.3, -0.25) is 34.6 Å². The first-order valence-corrected chi connectivity index (χ1v) is 12.1. The molecule has 2 spiro atoms. The van der Waals surface area contributed by atoms with Crippen molar-refractivity contribution >= 4 is 29.1 Å². The van der Waals surface area contributed by atoms with Crippen LogP contribution >= 0.6 is 0 Å². The van der Waals surface area contributed by atoms with E-state index < -0.39 is 44.8 Å². The number of esters is 2. The van der Waals surface area contributed by atoms with Crippen molar-refractivity contribution in [3.8, 4) is 0 Å². The molecule has 2 aliphatic carbocycles. The Labute approximate surface area is 211 Å². The first-order valence-electron chi connectivity index (χ1n) is 12.1. The Balaban J connectivity index is 1.70. The molecule has 0 radical (unpaired) electrons. The molecule has 192 valence electrons. The van der Waals surface area contributed by atoms with E-state index in [4.69, 9.17) is 9.47 Å². The van der Waals surface area contributed by atoms with E-state index in [1.807, 2.05) is 0 Å². The molecule has 1 aliphatic heterocycles. The molecule has 1 saturated heterocycles. The number of nitro benzene ring substituents is 2. The molecule has 2 aromatic carbocycles. The van der Waals surface area contributed by atoms with Gasteiger partial charge in [-0.15, -0.1) is 0 Å². The lowest BCUT2D eigenvalue weighted by Crippen LogP contribution is -2.62. The molecule has 3 fully saturated rings. The zero-order chi connectivity index (χ0) is 26.4. The van der Waals surface area contributed by atoms with E-state index >= 15 is 0 Å². The van der Waals surface area contributed by atoms with Crippen molar-refractivity contribution in [3.05, 3.63) is 79.9 Å². The molecule has 3 aliphatic rings.